The summed E-state index contributed by atoms with van der Waals surface area (Å²) in [4.78, 5) is 40.2. The van der Waals surface area contributed by atoms with Gasteiger partial charge in [-0.15, -0.1) is 21.5 Å². The lowest BCUT2D eigenvalue weighted by Gasteiger charge is -2.26. The molecule has 0 radical (unpaired) electrons. The van der Waals surface area contributed by atoms with E-state index >= 15 is 0 Å². The molecule has 0 saturated heterocycles. The number of benzene rings is 1. The molecule has 5 rings (SSSR count). The third-order valence-corrected chi connectivity index (χ3v) is 9.97. The lowest BCUT2D eigenvalue weighted by Crippen LogP contribution is -2.27. The van der Waals surface area contributed by atoms with Crippen LogP contribution in [0.4, 0.5) is 5.00 Å². The zero-order valence-corrected chi connectivity index (χ0v) is 25.9. The maximum absolute atomic E-state index is 13.4. The number of aryl methyl sites for hydroxylation is 1. The van der Waals surface area contributed by atoms with Crippen LogP contribution in [0.2, 0.25) is 0 Å². The molecular weight excluding hydrogens is 574 g/mol. The van der Waals surface area contributed by atoms with Gasteiger partial charge < -0.3 is 24.7 Å². The van der Waals surface area contributed by atoms with Crippen LogP contribution in [0.3, 0.4) is 0 Å². The Labute approximate surface area is 254 Å². The van der Waals surface area contributed by atoms with E-state index in [2.05, 4.69) is 25.4 Å². The van der Waals surface area contributed by atoms with Crippen LogP contribution in [0, 0.1) is 0 Å². The standard InChI is InChI=1S/C30H37N5O5S2/c1-4-40-29(38)25-22-14-9-15-23(22)42-28(25)32-26(36)18(2)41-30-34-33-24(35(30)20-11-6-5-7-12-20)17-31-27(37)19-10-8-13-21(16-19)39-3/h8,10,13,16,18,20H,4-7,9,11-12,14-15,17H2,1-3H3,(H,31,37)(H,32,36)/t18-/m0/s1. The van der Waals surface area contributed by atoms with Crippen LogP contribution in [0.15, 0.2) is 29.4 Å². The third-order valence-electron chi connectivity index (χ3n) is 7.70. The number of methoxy groups -OCH3 is 1. The molecule has 10 nitrogen and oxygen atoms in total. The molecule has 2 aliphatic carbocycles. The highest BCUT2D eigenvalue weighted by Crippen LogP contribution is 2.40. The molecule has 224 valence electrons. The number of amides is 2. The number of thiophene rings is 1. The lowest BCUT2D eigenvalue weighted by molar-refractivity contribution is -0.115. The molecule has 0 unspecified atom stereocenters. The Morgan fingerprint density at radius 1 is 1.14 bits per heavy atom. The highest BCUT2D eigenvalue weighted by atomic mass is 32.2. The molecule has 1 fully saturated rings. The second-order valence-corrected chi connectivity index (χ2v) is 12.9. The molecule has 2 heterocycles. The molecule has 42 heavy (non-hydrogen) atoms. The van der Waals surface area contributed by atoms with Crippen LogP contribution in [-0.4, -0.2) is 51.5 Å². The van der Waals surface area contributed by atoms with E-state index in [0.717, 1.165) is 55.4 Å². The van der Waals surface area contributed by atoms with Crippen molar-refractivity contribution in [2.75, 3.05) is 19.0 Å². The van der Waals surface area contributed by atoms with Crippen molar-refractivity contribution >= 4 is 45.9 Å². The molecule has 2 N–H and O–H groups in total. The first-order valence-electron chi connectivity index (χ1n) is 14.5. The fraction of sp³-hybridized carbons (Fsp3) is 0.500. The first kappa shape index (κ1) is 30.1. The Morgan fingerprint density at radius 2 is 1.95 bits per heavy atom. The summed E-state index contributed by atoms with van der Waals surface area (Å²) in [6.07, 6.45) is 8.13. The summed E-state index contributed by atoms with van der Waals surface area (Å²) in [7, 11) is 1.57. The molecule has 2 aromatic heterocycles. The van der Waals surface area contributed by atoms with E-state index in [4.69, 9.17) is 9.47 Å². The summed E-state index contributed by atoms with van der Waals surface area (Å²) in [6, 6.07) is 7.20. The average molecular weight is 612 g/mol. The van der Waals surface area contributed by atoms with E-state index in [1.54, 1.807) is 38.3 Å². The molecule has 1 saturated carbocycles. The van der Waals surface area contributed by atoms with E-state index in [-0.39, 0.29) is 37.0 Å². The van der Waals surface area contributed by atoms with Crippen molar-refractivity contribution in [1.82, 2.24) is 20.1 Å². The molecule has 1 atom stereocenters. The van der Waals surface area contributed by atoms with Gasteiger partial charge in [-0.1, -0.05) is 37.1 Å². The Kier molecular flexibility index (Phi) is 9.84. The highest BCUT2D eigenvalue weighted by molar-refractivity contribution is 8.00. The van der Waals surface area contributed by atoms with E-state index < -0.39 is 5.25 Å². The zero-order chi connectivity index (χ0) is 29.6. The fourth-order valence-corrected chi connectivity index (χ4v) is 7.80. The van der Waals surface area contributed by atoms with Gasteiger partial charge in [-0.25, -0.2) is 4.79 Å². The summed E-state index contributed by atoms with van der Waals surface area (Å²) in [5.41, 5.74) is 2.01. The number of nitrogens with zero attached hydrogens (tertiary/aromatic N) is 3. The smallest absolute Gasteiger partial charge is 0.341 e. The first-order chi connectivity index (χ1) is 20.4. The van der Waals surface area contributed by atoms with Crippen LogP contribution >= 0.6 is 23.1 Å². The van der Waals surface area contributed by atoms with Crippen molar-refractivity contribution in [3.05, 3.63) is 51.7 Å². The average Bonchev–Trinajstić information content (AvgIpc) is 3.71. The van der Waals surface area contributed by atoms with Crippen molar-refractivity contribution in [2.45, 2.75) is 88.2 Å². The molecule has 0 spiro atoms. The number of rotatable bonds is 11. The minimum absolute atomic E-state index is 0.200. The van der Waals surface area contributed by atoms with Gasteiger partial charge >= 0.3 is 5.97 Å². The summed E-state index contributed by atoms with van der Waals surface area (Å²) in [6.45, 7) is 4.10. The number of anilines is 1. The second kappa shape index (κ2) is 13.7. The van der Waals surface area contributed by atoms with E-state index in [0.29, 0.717) is 32.9 Å². The number of thioether (sulfide) groups is 1. The van der Waals surface area contributed by atoms with Crippen LogP contribution in [-0.2, 0) is 28.9 Å². The minimum Gasteiger partial charge on any atom is -0.497 e. The number of carbonyl (C=O) groups excluding carboxylic acids is 3. The number of hydrogen-bond acceptors (Lipinski definition) is 9. The van der Waals surface area contributed by atoms with Gasteiger partial charge in [-0.2, -0.15) is 0 Å². The normalized spacial score (nSPS) is 15.6. The Bertz CT molecular complexity index is 1450. The number of ether oxygens (including phenoxy) is 2. The molecule has 0 bridgehead atoms. The Balaban J connectivity index is 1.31. The van der Waals surface area contributed by atoms with Crippen molar-refractivity contribution in [2.24, 2.45) is 0 Å². The zero-order valence-electron chi connectivity index (χ0n) is 24.2. The first-order valence-corrected chi connectivity index (χ1v) is 16.2. The summed E-state index contributed by atoms with van der Waals surface area (Å²) in [5.74, 6) is 0.448. The summed E-state index contributed by atoms with van der Waals surface area (Å²) >= 11 is 2.81. The van der Waals surface area contributed by atoms with Gasteiger partial charge in [0, 0.05) is 16.5 Å². The van der Waals surface area contributed by atoms with Gasteiger partial charge in [0.25, 0.3) is 5.91 Å². The maximum Gasteiger partial charge on any atom is 0.341 e. The molecule has 3 aromatic rings. The van der Waals surface area contributed by atoms with Gasteiger partial charge in [-0.3, -0.25) is 9.59 Å². The second-order valence-electron chi connectivity index (χ2n) is 10.5. The molecular formula is C30H37N5O5S2. The topological polar surface area (TPSA) is 124 Å². The van der Waals surface area contributed by atoms with Gasteiger partial charge in [0.1, 0.15) is 10.8 Å². The van der Waals surface area contributed by atoms with Crippen molar-refractivity contribution < 1.29 is 23.9 Å². The maximum atomic E-state index is 13.4. The predicted molar refractivity (Wildman–Crippen MR) is 163 cm³/mol. The van der Waals surface area contributed by atoms with Crippen molar-refractivity contribution in [3.8, 4) is 5.75 Å². The van der Waals surface area contributed by atoms with E-state index in [9.17, 15) is 14.4 Å². The van der Waals surface area contributed by atoms with Crippen LogP contribution < -0.4 is 15.4 Å². The van der Waals surface area contributed by atoms with Crippen molar-refractivity contribution in [1.29, 1.82) is 0 Å². The highest BCUT2D eigenvalue weighted by Gasteiger charge is 2.30. The van der Waals surface area contributed by atoms with Crippen LogP contribution in [0.25, 0.3) is 0 Å². The number of carbonyl (C=O) groups is 3. The number of aromatic nitrogens is 3. The van der Waals surface area contributed by atoms with Crippen molar-refractivity contribution in [3.63, 3.8) is 0 Å². The van der Waals surface area contributed by atoms with E-state index in [1.807, 2.05) is 6.92 Å². The monoisotopic (exact) mass is 611 g/mol. The van der Waals surface area contributed by atoms with Gasteiger partial charge in [0.15, 0.2) is 11.0 Å². The van der Waals surface area contributed by atoms with Crippen LogP contribution in [0.5, 0.6) is 5.75 Å². The Hall–Kier alpha value is -3.38. The number of fused-ring (bicyclic) bond motifs is 1. The minimum atomic E-state index is -0.497. The van der Waals surface area contributed by atoms with E-state index in [1.165, 1.54) is 29.5 Å². The summed E-state index contributed by atoms with van der Waals surface area (Å²) in [5, 5.41) is 15.6. The van der Waals surface area contributed by atoms with Gasteiger partial charge in [-0.05, 0) is 69.7 Å². The predicted octanol–water partition coefficient (Wildman–Crippen LogP) is 5.57. The summed E-state index contributed by atoms with van der Waals surface area (Å²) < 4.78 is 12.7. The number of hydrogen-bond donors (Lipinski definition) is 2. The van der Waals surface area contributed by atoms with Gasteiger partial charge in [0.05, 0.1) is 31.1 Å². The fourth-order valence-electron chi connectivity index (χ4n) is 5.58. The SMILES string of the molecule is CCOC(=O)c1c(NC(=O)[C@H](C)Sc2nnc(CNC(=O)c3cccc(OC)c3)n2C2CCCCC2)sc2c1CCC2. The number of esters is 1. The molecule has 12 heteroatoms. The molecule has 1 aromatic carbocycles. The van der Waals surface area contributed by atoms with Crippen LogP contribution in [0.1, 0.15) is 95.4 Å². The van der Waals surface area contributed by atoms with Gasteiger partial charge in [0.2, 0.25) is 5.91 Å². The lowest BCUT2D eigenvalue weighted by atomic mass is 9.95. The molecule has 2 amide bonds. The molecule has 2 aliphatic rings. The quantitative estimate of drug-likeness (QED) is 0.213. The largest absolute Gasteiger partial charge is 0.497 e. The molecule has 0 aliphatic heterocycles. The number of nitrogens with one attached hydrogen (secondary N) is 2. The third kappa shape index (κ3) is 6.64. The Morgan fingerprint density at radius 3 is 2.71 bits per heavy atom.